The van der Waals surface area contributed by atoms with E-state index in [1.165, 1.54) is 5.56 Å². The van der Waals surface area contributed by atoms with Crippen LogP contribution in [0, 0.1) is 5.92 Å². The van der Waals surface area contributed by atoms with E-state index in [-0.39, 0.29) is 17.1 Å². The molecule has 162 valence electrons. The van der Waals surface area contributed by atoms with Gasteiger partial charge >= 0.3 is 0 Å². The van der Waals surface area contributed by atoms with E-state index in [1.807, 2.05) is 62.8 Å². The highest BCUT2D eigenvalue weighted by atomic mass is 16.1. The van der Waals surface area contributed by atoms with Crippen molar-refractivity contribution >= 4 is 22.5 Å². The quantitative estimate of drug-likeness (QED) is 0.326. The van der Waals surface area contributed by atoms with E-state index in [4.69, 9.17) is 0 Å². The summed E-state index contributed by atoms with van der Waals surface area (Å²) in [6.45, 7) is 3.86. The fourth-order valence-corrected chi connectivity index (χ4v) is 4.75. The molecule has 3 aromatic heterocycles. The van der Waals surface area contributed by atoms with E-state index >= 15 is 0 Å². The zero-order chi connectivity index (χ0) is 22.6. The van der Waals surface area contributed by atoms with Gasteiger partial charge in [0.25, 0.3) is 0 Å². The number of carbonyl (C=O) groups excluding carboxylic acids is 1. The molecule has 33 heavy (non-hydrogen) atoms. The van der Waals surface area contributed by atoms with E-state index in [1.54, 1.807) is 0 Å². The Balaban J connectivity index is 1.44. The number of aromatic nitrogens is 4. The van der Waals surface area contributed by atoms with Crippen LogP contribution < -0.4 is 0 Å². The number of ketones is 1. The maximum atomic E-state index is 12.5. The Morgan fingerprint density at radius 1 is 0.939 bits per heavy atom. The largest absolute Gasteiger partial charge is 0.294 e. The molecular formula is C28H24N4O. The number of rotatable bonds is 5. The maximum absolute atomic E-state index is 12.5. The van der Waals surface area contributed by atoms with Crippen molar-refractivity contribution < 1.29 is 4.79 Å². The lowest BCUT2D eigenvalue weighted by atomic mass is 9.91. The van der Waals surface area contributed by atoms with E-state index in [2.05, 4.69) is 49.8 Å². The predicted octanol–water partition coefficient (Wildman–Crippen LogP) is 5.86. The molecular weight excluding hydrogens is 408 g/mol. The normalized spacial score (nSPS) is 14.8. The molecule has 0 aliphatic heterocycles. The molecule has 0 bridgehead atoms. The summed E-state index contributed by atoms with van der Waals surface area (Å²) in [6.07, 6.45) is 9.89. The van der Waals surface area contributed by atoms with Gasteiger partial charge < -0.3 is 0 Å². The van der Waals surface area contributed by atoms with Crippen LogP contribution in [0.1, 0.15) is 48.3 Å². The van der Waals surface area contributed by atoms with Gasteiger partial charge in [-0.2, -0.15) is 0 Å². The standard InChI is InChI=1S/C28H24N4O/c1-18(2)26(33)21-6-3-5-19(13-21)22-15-30-27-31-16-25(32(27)17-22)28(10-11-28)23-8-9-24-20(14-23)7-4-12-29-24/h3-9,12-18H,10-11H2,1-2H3. The number of nitrogens with zero attached hydrogens (tertiary/aromatic N) is 4. The molecule has 0 N–H and O–H groups in total. The molecule has 0 unspecified atom stereocenters. The number of pyridine rings is 1. The van der Waals surface area contributed by atoms with Crippen molar-refractivity contribution in [1.82, 2.24) is 19.4 Å². The van der Waals surface area contributed by atoms with Crippen LogP contribution >= 0.6 is 0 Å². The second kappa shape index (κ2) is 7.34. The molecule has 0 spiro atoms. The van der Waals surface area contributed by atoms with Gasteiger partial charge in [-0.25, -0.2) is 9.97 Å². The van der Waals surface area contributed by atoms with Gasteiger partial charge in [-0.1, -0.05) is 44.2 Å². The number of carbonyl (C=O) groups is 1. The molecule has 0 amide bonds. The summed E-state index contributed by atoms with van der Waals surface area (Å²) < 4.78 is 2.12. The van der Waals surface area contributed by atoms with Crippen LogP contribution in [-0.2, 0) is 5.41 Å². The molecule has 3 heterocycles. The minimum absolute atomic E-state index is 0.0343. The van der Waals surface area contributed by atoms with Gasteiger partial charge in [0.2, 0.25) is 5.78 Å². The van der Waals surface area contributed by atoms with Crippen LogP contribution in [0.4, 0.5) is 0 Å². The number of hydrogen-bond donors (Lipinski definition) is 0. The van der Waals surface area contributed by atoms with Crippen molar-refractivity contribution in [3.63, 3.8) is 0 Å². The number of benzene rings is 2. The van der Waals surface area contributed by atoms with E-state index in [9.17, 15) is 4.79 Å². The Kier molecular flexibility index (Phi) is 4.40. The maximum Gasteiger partial charge on any atom is 0.233 e. The molecule has 1 aliphatic rings. The SMILES string of the molecule is CC(C)C(=O)c1cccc(-c2cnc3ncc(C4(c5ccc6ncccc6c5)CC4)n3c2)c1. The first-order chi connectivity index (χ1) is 16.0. The molecule has 5 nitrogen and oxygen atoms in total. The molecule has 1 fully saturated rings. The molecule has 6 rings (SSSR count). The van der Waals surface area contributed by atoms with E-state index in [0.717, 1.165) is 46.1 Å². The van der Waals surface area contributed by atoms with Gasteiger partial charge in [-0.3, -0.25) is 14.2 Å². The summed E-state index contributed by atoms with van der Waals surface area (Å²) in [5, 5.41) is 1.15. The number of Topliss-reactive ketones (excluding diaryl/α,β-unsaturated/α-hetero) is 1. The van der Waals surface area contributed by atoms with Crippen molar-refractivity contribution in [2.75, 3.05) is 0 Å². The highest BCUT2D eigenvalue weighted by Crippen LogP contribution is 2.53. The zero-order valence-corrected chi connectivity index (χ0v) is 18.7. The van der Waals surface area contributed by atoms with E-state index < -0.39 is 0 Å². The van der Waals surface area contributed by atoms with Crippen LogP contribution in [0.25, 0.3) is 27.8 Å². The molecule has 5 aromatic rings. The lowest BCUT2D eigenvalue weighted by molar-refractivity contribution is 0.0939. The minimum Gasteiger partial charge on any atom is -0.294 e. The highest BCUT2D eigenvalue weighted by Gasteiger charge is 2.48. The number of hydrogen-bond acceptors (Lipinski definition) is 4. The Morgan fingerprint density at radius 2 is 1.79 bits per heavy atom. The summed E-state index contributed by atoms with van der Waals surface area (Å²) >= 11 is 0. The third kappa shape index (κ3) is 3.23. The fraction of sp³-hybridized carbons (Fsp3) is 0.214. The Hall–Kier alpha value is -3.86. The number of fused-ring (bicyclic) bond motifs is 2. The van der Waals surface area contributed by atoms with Crippen molar-refractivity contribution in [2.24, 2.45) is 5.92 Å². The molecule has 5 heteroatoms. The average molecular weight is 433 g/mol. The fourth-order valence-electron chi connectivity index (χ4n) is 4.75. The summed E-state index contributed by atoms with van der Waals surface area (Å²) in [5.41, 5.74) is 6.09. The van der Waals surface area contributed by atoms with Crippen LogP contribution in [0.15, 0.2) is 79.4 Å². The second-order valence-corrected chi connectivity index (χ2v) is 9.25. The smallest absolute Gasteiger partial charge is 0.233 e. The second-order valence-electron chi connectivity index (χ2n) is 9.25. The van der Waals surface area contributed by atoms with Gasteiger partial charge in [-0.15, -0.1) is 0 Å². The minimum atomic E-state index is -0.0563. The third-order valence-electron chi connectivity index (χ3n) is 6.77. The Bertz CT molecular complexity index is 1530. The van der Waals surface area contributed by atoms with Crippen molar-refractivity contribution in [3.05, 3.63) is 96.2 Å². The van der Waals surface area contributed by atoms with Gasteiger partial charge in [0.05, 0.1) is 17.4 Å². The Morgan fingerprint density at radius 3 is 2.61 bits per heavy atom. The molecule has 2 aromatic carbocycles. The first-order valence-corrected chi connectivity index (χ1v) is 11.4. The van der Waals surface area contributed by atoms with Crippen molar-refractivity contribution in [2.45, 2.75) is 32.1 Å². The monoisotopic (exact) mass is 432 g/mol. The first kappa shape index (κ1) is 19.8. The van der Waals surface area contributed by atoms with Crippen LogP contribution in [0.5, 0.6) is 0 Å². The topological polar surface area (TPSA) is 60.2 Å². The first-order valence-electron chi connectivity index (χ1n) is 11.4. The highest BCUT2D eigenvalue weighted by molar-refractivity contribution is 5.98. The van der Waals surface area contributed by atoms with Gasteiger partial charge in [0.1, 0.15) is 0 Å². The molecule has 0 radical (unpaired) electrons. The van der Waals surface area contributed by atoms with Crippen LogP contribution in [-0.4, -0.2) is 25.1 Å². The summed E-state index contributed by atoms with van der Waals surface area (Å²) in [7, 11) is 0. The predicted molar refractivity (Wildman–Crippen MR) is 129 cm³/mol. The average Bonchev–Trinajstić information content (AvgIpc) is 3.55. The molecule has 0 saturated heterocycles. The van der Waals surface area contributed by atoms with Crippen LogP contribution in [0.3, 0.4) is 0 Å². The molecule has 0 atom stereocenters. The van der Waals surface area contributed by atoms with Crippen molar-refractivity contribution in [3.8, 4) is 11.1 Å². The zero-order valence-electron chi connectivity index (χ0n) is 18.7. The van der Waals surface area contributed by atoms with Gasteiger partial charge in [0, 0.05) is 46.4 Å². The summed E-state index contributed by atoms with van der Waals surface area (Å²) in [5.74, 6) is 0.807. The number of imidazole rings is 1. The third-order valence-corrected chi connectivity index (χ3v) is 6.77. The van der Waals surface area contributed by atoms with E-state index in [0.29, 0.717) is 5.78 Å². The lowest BCUT2D eigenvalue weighted by Crippen LogP contribution is -2.12. The van der Waals surface area contributed by atoms with Crippen LogP contribution in [0.2, 0.25) is 0 Å². The Labute approximate surface area is 192 Å². The van der Waals surface area contributed by atoms with Gasteiger partial charge in [-0.05, 0) is 48.2 Å². The summed E-state index contributed by atoms with van der Waals surface area (Å²) in [6, 6.07) is 18.5. The molecule has 1 saturated carbocycles. The van der Waals surface area contributed by atoms with Crippen molar-refractivity contribution in [1.29, 1.82) is 0 Å². The lowest BCUT2D eigenvalue weighted by Gasteiger charge is -2.17. The summed E-state index contributed by atoms with van der Waals surface area (Å²) in [4.78, 5) is 26.2. The van der Waals surface area contributed by atoms with Gasteiger partial charge in [0.15, 0.2) is 5.78 Å². The molecule has 1 aliphatic carbocycles.